The average molecular weight is 367 g/mol. The summed E-state index contributed by atoms with van der Waals surface area (Å²) in [6, 6.07) is 8.87. The van der Waals surface area contributed by atoms with E-state index in [1.165, 1.54) is 31.4 Å². The van der Waals surface area contributed by atoms with Crippen molar-refractivity contribution in [3.63, 3.8) is 0 Å². The van der Waals surface area contributed by atoms with E-state index in [9.17, 15) is 0 Å². The lowest BCUT2D eigenvalue weighted by molar-refractivity contribution is 0.647. The first-order valence-electron chi connectivity index (χ1n) is 6.58. The smallest absolute Gasteiger partial charge is 0.168 e. The second kappa shape index (κ2) is 5.54. The van der Waals surface area contributed by atoms with E-state index >= 15 is 0 Å². The van der Waals surface area contributed by atoms with Gasteiger partial charge in [0.05, 0.1) is 12.2 Å². The van der Waals surface area contributed by atoms with E-state index in [0.717, 1.165) is 19.5 Å². The maximum Gasteiger partial charge on any atom is 0.168 e. The standard InChI is InChI=1S/C15H14N2S2.BrH/c1-2-12-14(17-8-7-16-15(17)19-12)11-4-3-5-13-10(11)6-9-18-13;/h3-6,9H,2,7-8H2,1H3;1H. The molecule has 20 heavy (non-hydrogen) atoms. The zero-order valence-electron chi connectivity index (χ0n) is 11.1. The number of fused-ring (bicyclic) bond motifs is 2. The molecule has 5 heteroatoms. The molecule has 0 fully saturated rings. The fourth-order valence-corrected chi connectivity index (χ4v) is 4.71. The third-order valence-electron chi connectivity index (χ3n) is 3.62. The van der Waals surface area contributed by atoms with Crippen molar-refractivity contribution in [1.29, 1.82) is 0 Å². The summed E-state index contributed by atoms with van der Waals surface area (Å²) in [6.45, 7) is 4.20. The van der Waals surface area contributed by atoms with E-state index in [1.807, 2.05) is 23.1 Å². The normalized spacial score (nSPS) is 17.4. The Bertz CT molecular complexity index is 717. The molecule has 1 aromatic carbocycles. The Morgan fingerprint density at radius 1 is 1.30 bits per heavy atom. The Kier molecular flexibility index (Phi) is 3.93. The van der Waals surface area contributed by atoms with Crippen molar-refractivity contribution in [3.05, 3.63) is 40.1 Å². The molecule has 0 aliphatic carbocycles. The quantitative estimate of drug-likeness (QED) is 0.744. The number of hydrogen-bond donors (Lipinski definition) is 0. The Labute approximate surface area is 137 Å². The van der Waals surface area contributed by atoms with Crippen LogP contribution in [-0.4, -0.2) is 23.2 Å². The van der Waals surface area contributed by atoms with E-state index in [1.54, 1.807) is 0 Å². The number of nitrogens with zero attached hydrogens (tertiary/aromatic N) is 2. The fraction of sp³-hybridized carbons (Fsp3) is 0.267. The van der Waals surface area contributed by atoms with Gasteiger partial charge in [0.15, 0.2) is 5.17 Å². The molecule has 104 valence electrons. The number of allylic oxidation sites excluding steroid dienone is 1. The molecule has 0 saturated carbocycles. The molecule has 0 atom stereocenters. The highest BCUT2D eigenvalue weighted by atomic mass is 79.9. The van der Waals surface area contributed by atoms with Crippen LogP contribution in [0.5, 0.6) is 0 Å². The van der Waals surface area contributed by atoms with Gasteiger partial charge in [-0.3, -0.25) is 4.99 Å². The molecule has 4 rings (SSSR count). The van der Waals surface area contributed by atoms with Crippen LogP contribution in [0.1, 0.15) is 18.9 Å². The maximum absolute atomic E-state index is 4.61. The van der Waals surface area contributed by atoms with Gasteiger partial charge in [-0.25, -0.2) is 0 Å². The van der Waals surface area contributed by atoms with Crippen LogP contribution in [-0.2, 0) is 0 Å². The number of benzene rings is 1. The lowest BCUT2D eigenvalue weighted by Gasteiger charge is -2.18. The van der Waals surface area contributed by atoms with E-state index in [2.05, 4.69) is 46.5 Å². The summed E-state index contributed by atoms with van der Waals surface area (Å²) in [7, 11) is 0. The molecular weight excluding hydrogens is 352 g/mol. The van der Waals surface area contributed by atoms with Crippen LogP contribution in [0.15, 0.2) is 39.5 Å². The molecule has 0 unspecified atom stereocenters. The highest BCUT2D eigenvalue weighted by Crippen LogP contribution is 2.45. The van der Waals surface area contributed by atoms with Crippen LogP contribution in [0.3, 0.4) is 0 Å². The zero-order valence-corrected chi connectivity index (χ0v) is 14.5. The number of halogens is 1. The largest absolute Gasteiger partial charge is 0.318 e. The van der Waals surface area contributed by atoms with Crippen molar-refractivity contribution in [2.75, 3.05) is 13.1 Å². The van der Waals surface area contributed by atoms with Crippen LogP contribution < -0.4 is 0 Å². The molecule has 0 amide bonds. The van der Waals surface area contributed by atoms with Gasteiger partial charge in [-0.15, -0.1) is 28.3 Å². The molecule has 2 nitrogen and oxygen atoms in total. The van der Waals surface area contributed by atoms with Crippen LogP contribution in [0.2, 0.25) is 0 Å². The van der Waals surface area contributed by atoms with Crippen LogP contribution in [0, 0.1) is 0 Å². The lowest BCUT2D eigenvalue weighted by atomic mass is 10.1. The van der Waals surface area contributed by atoms with Crippen LogP contribution in [0.4, 0.5) is 0 Å². The minimum Gasteiger partial charge on any atom is -0.318 e. The van der Waals surface area contributed by atoms with E-state index in [4.69, 9.17) is 0 Å². The van der Waals surface area contributed by atoms with Crippen molar-refractivity contribution < 1.29 is 0 Å². The highest BCUT2D eigenvalue weighted by Gasteiger charge is 2.32. The first-order valence-corrected chi connectivity index (χ1v) is 8.27. The summed E-state index contributed by atoms with van der Waals surface area (Å²) in [5, 5.41) is 4.75. The van der Waals surface area contributed by atoms with Gasteiger partial charge in [0.1, 0.15) is 0 Å². The summed E-state index contributed by atoms with van der Waals surface area (Å²) in [5.74, 6) is 0. The van der Waals surface area contributed by atoms with Gasteiger partial charge in [0.2, 0.25) is 0 Å². The van der Waals surface area contributed by atoms with Gasteiger partial charge >= 0.3 is 0 Å². The summed E-state index contributed by atoms with van der Waals surface area (Å²) < 4.78 is 1.37. The topological polar surface area (TPSA) is 15.6 Å². The predicted octanol–water partition coefficient (Wildman–Crippen LogP) is 4.98. The Hall–Kier alpha value is -0.780. The Morgan fingerprint density at radius 2 is 2.20 bits per heavy atom. The molecule has 0 radical (unpaired) electrons. The number of thioether (sulfide) groups is 1. The van der Waals surface area contributed by atoms with Crippen LogP contribution >= 0.6 is 40.1 Å². The van der Waals surface area contributed by atoms with E-state index in [0.29, 0.717) is 0 Å². The molecule has 2 aromatic rings. The molecule has 1 aromatic heterocycles. The summed E-state index contributed by atoms with van der Waals surface area (Å²) in [5.41, 5.74) is 2.77. The molecule has 0 saturated heterocycles. The average Bonchev–Trinajstić information content (AvgIpc) is 3.12. The first kappa shape index (κ1) is 14.2. The van der Waals surface area contributed by atoms with Gasteiger partial charge < -0.3 is 4.90 Å². The molecule has 0 spiro atoms. The third-order valence-corrected chi connectivity index (χ3v) is 5.76. The number of thiophene rings is 1. The Balaban J connectivity index is 0.00000121. The monoisotopic (exact) mass is 366 g/mol. The highest BCUT2D eigenvalue weighted by molar-refractivity contribution is 8.93. The first-order chi connectivity index (χ1) is 9.38. The molecule has 0 bridgehead atoms. The minimum absolute atomic E-state index is 0. The van der Waals surface area contributed by atoms with Gasteiger partial charge in [0.25, 0.3) is 0 Å². The predicted molar refractivity (Wildman–Crippen MR) is 96.0 cm³/mol. The number of amidine groups is 1. The van der Waals surface area contributed by atoms with Crippen LogP contribution in [0.25, 0.3) is 15.8 Å². The van der Waals surface area contributed by atoms with Crippen molar-refractivity contribution >= 4 is 61.0 Å². The second-order valence-corrected chi connectivity index (χ2v) is 6.69. The van der Waals surface area contributed by atoms with Gasteiger partial charge in [-0.1, -0.05) is 30.8 Å². The van der Waals surface area contributed by atoms with Crippen molar-refractivity contribution in [3.8, 4) is 0 Å². The third kappa shape index (κ3) is 2.03. The summed E-state index contributed by atoms with van der Waals surface area (Å²) in [4.78, 5) is 8.46. The SMILES string of the molecule is Br.CCC1=C(c2cccc3sccc23)N2CCN=C2S1. The van der Waals surface area contributed by atoms with E-state index in [-0.39, 0.29) is 17.0 Å². The lowest BCUT2D eigenvalue weighted by Crippen LogP contribution is -2.20. The van der Waals surface area contributed by atoms with Crippen molar-refractivity contribution in [2.45, 2.75) is 13.3 Å². The fourth-order valence-electron chi connectivity index (χ4n) is 2.77. The Morgan fingerprint density at radius 3 is 3.05 bits per heavy atom. The van der Waals surface area contributed by atoms with Gasteiger partial charge in [0, 0.05) is 27.1 Å². The molecular formula is C15H15BrN2S2. The zero-order chi connectivity index (χ0) is 12.8. The van der Waals surface area contributed by atoms with Gasteiger partial charge in [-0.05, 0) is 23.9 Å². The van der Waals surface area contributed by atoms with Gasteiger partial charge in [-0.2, -0.15) is 0 Å². The molecule has 0 N–H and O–H groups in total. The second-order valence-electron chi connectivity index (χ2n) is 4.68. The molecule has 2 aliphatic heterocycles. The molecule has 3 heterocycles. The van der Waals surface area contributed by atoms with Crippen molar-refractivity contribution in [2.24, 2.45) is 4.99 Å². The molecule has 2 aliphatic rings. The number of rotatable bonds is 2. The summed E-state index contributed by atoms with van der Waals surface area (Å²) in [6.07, 6.45) is 1.08. The maximum atomic E-state index is 4.61. The minimum atomic E-state index is 0. The number of aliphatic imine (C=N–C) groups is 1. The van der Waals surface area contributed by atoms with E-state index < -0.39 is 0 Å². The van der Waals surface area contributed by atoms with Crippen molar-refractivity contribution in [1.82, 2.24) is 4.90 Å². The summed E-state index contributed by atoms with van der Waals surface area (Å²) >= 11 is 3.67. The number of hydrogen-bond acceptors (Lipinski definition) is 4.